The van der Waals surface area contributed by atoms with Crippen molar-refractivity contribution < 1.29 is 19.2 Å². The zero-order valence-electron chi connectivity index (χ0n) is 11.3. The first kappa shape index (κ1) is 14.8. The number of carbonyl (C=O) groups excluding carboxylic acids is 1. The normalized spacial score (nSPS) is 11.5. The molecule has 0 bridgehead atoms. The van der Waals surface area contributed by atoms with Crippen molar-refractivity contribution in [1.82, 2.24) is 5.43 Å². The van der Waals surface area contributed by atoms with Crippen LogP contribution in [0.1, 0.15) is 15.9 Å². The monoisotopic (exact) mass is 264 g/mol. The fraction of sp³-hybridized carbons (Fsp3) is 0.308. The average Bonchev–Trinajstić information content (AvgIpc) is 2.27. The van der Waals surface area contributed by atoms with Crippen LogP contribution in [0.2, 0.25) is 0 Å². The summed E-state index contributed by atoms with van der Waals surface area (Å²) in [6, 6.07) is 6.45. The second-order valence-corrected chi connectivity index (χ2v) is 5.13. The summed E-state index contributed by atoms with van der Waals surface area (Å²) in [5.74, 6) is -1.25. The number of nitrogens with zero attached hydrogens (tertiary/aromatic N) is 2. The molecule has 0 aliphatic rings. The molecule has 0 aromatic heterocycles. The molecular weight excluding hydrogens is 246 g/mol. The molecule has 0 aliphatic heterocycles. The number of hydrogen-bond acceptors (Lipinski definition) is 3. The lowest BCUT2D eigenvalue weighted by molar-refractivity contribution is -0.862. The first-order valence-corrected chi connectivity index (χ1v) is 5.74. The summed E-state index contributed by atoms with van der Waals surface area (Å²) in [6.45, 7) is 0.290. The van der Waals surface area contributed by atoms with Crippen molar-refractivity contribution in [1.29, 1.82) is 0 Å². The molecule has 0 aliphatic carbocycles. The van der Waals surface area contributed by atoms with E-state index in [9.17, 15) is 9.59 Å². The molecule has 0 saturated carbocycles. The molecule has 1 aromatic rings. The fourth-order valence-corrected chi connectivity index (χ4v) is 1.44. The number of likely N-dealkylation sites (N-methyl/N-ethyl adjacent to an activating group) is 1. The standard InChI is InChI=1S/C13H17N3O3/c1-16(2,3)9-12(17)15-14-8-10-6-4-5-7-11(10)13(18)19/h4-8H,9H2,1-3H3,(H-,15,17,18,19)/p+1. The molecule has 1 amide bonds. The summed E-state index contributed by atoms with van der Waals surface area (Å²) in [5.41, 5.74) is 2.97. The average molecular weight is 264 g/mol. The Balaban J connectivity index is 2.68. The van der Waals surface area contributed by atoms with E-state index in [1.165, 1.54) is 12.3 Å². The van der Waals surface area contributed by atoms with Crippen LogP contribution in [0.3, 0.4) is 0 Å². The summed E-state index contributed by atoms with van der Waals surface area (Å²) in [4.78, 5) is 22.5. The van der Waals surface area contributed by atoms with Gasteiger partial charge in [0, 0.05) is 5.56 Å². The third-order valence-corrected chi connectivity index (χ3v) is 2.20. The number of carboxylic acid groups (broad SMARTS) is 1. The van der Waals surface area contributed by atoms with Crippen LogP contribution < -0.4 is 5.43 Å². The molecule has 0 atom stereocenters. The number of hydrazone groups is 1. The molecule has 1 aromatic carbocycles. The van der Waals surface area contributed by atoms with Crippen molar-refractivity contribution in [3.05, 3.63) is 35.4 Å². The summed E-state index contributed by atoms with van der Waals surface area (Å²) < 4.78 is 0.493. The van der Waals surface area contributed by atoms with Crippen molar-refractivity contribution in [2.45, 2.75) is 0 Å². The minimum absolute atomic E-state index is 0.145. The van der Waals surface area contributed by atoms with Gasteiger partial charge in [-0.2, -0.15) is 5.10 Å². The van der Waals surface area contributed by atoms with Gasteiger partial charge in [-0.15, -0.1) is 0 Å². The molecule has 0 fully saturated rings. The van der Waals surface area contributed by atoms with Gasteiger partial charge in [0.1, 0.15) is 0 Å². The van der Waals surface area contributed by atoms with Crippen LogP contribution in [0.4, 0.5) is 0 Å². The van der Waals surface area contributed by atoms with Crippen LogP contribution in [-0.2, 0) is 4.79 Å². The minimum Gasteiger partial charge on any atom is -0.478 e. The largest absolute Gasteiger partial charge is 0.478 e. The first-order chi connectivity index (χ1) is 8.79. The molecule has 0 unspecified atom stereocenters. The molecule has 1 rings (SSSR count). The van der Waals surface area contributed by atoms with Crippen molar-refractivity contribution in [2.24, 2.45) is 5.10 Å². The lowest BCUT2D eigenvalue weighted by Crippen LogP contribution is -2.43. The fourth-order valence-electron chi connectivity index (χ4n) is 1.44. The Morgan fingerprint density at radius 3 is 2.53 bits per heavy atom. The van der Waals surface area contributed by atoms with Crippen LogP contribution in [0.5, 0.6) is 0 Å². The van der Waals surface area contributed by atoms with Crippen LogP contribution in [0, 0.1) is 0 Å². The van der Waals surface area contributed by atoms with Gasteiger partial charge in [0.2, 0.25) is 0 Å². The number of benzene rings is 1. The zero-order valence-corrected chi connectivity index (χ0v) is 11.3. The van der Waals surface area contributed by atoms with E-state index < -0.39 is 5.97 Å². The van der Waals surface area contributed by atoms with Crippen LogP contribution in [0.25, 0.3) is 0 Å². The number of carbonyl (C=O) groups is 2. The molecule has 0 spiro atoms. The summed E-state index contributed by atoms with van der Waals surface area (Å²) in [6.07, 6.45) is 1.33. The van der Waals surface area contributed by atoms with Crippen molar-refractivity contribution >= 4 is 18.1 Å². The maximum atomic E-state index is 11.5. The van der Waals surface area contributed by atoms with Crippen LogP contribution >= 0.6 is 0 Å². The third-order valence-electron chi connectivity index (χ3n) is 2.20. The molecule has 0 radical (unpaired) electrons. The Morgan fingerprint density at radius 2 is 1.95 bits per heavy atom. The van der Waals surface area contributed by atoms with E-state index in [0.29, 0.717) is 10.0 Å². The number of carboxylic acids is 1. The maximum absolute atomic E-state index is 11.5. The smallest absolute Gasteiger partial charge is 0.336 e. The lowest BCUT2D eigenvalue weighted by Gasteiger charge is -2.21. The molecule has 6 heteroatoms. The number of amides is 1. The van der Waals surface area contributed by atoms with Gasteiger partial charge in [-0.3, -0.25) is 4.79 Å². The van der Waals surface area contributed by atoms with Crippen molar-refractivity contribution in [3.8, 4) is 0 Å². The third kappa shape index (κ3) is 5.31. The highest BCUT2D eigenvalue weighted by Crippen LogP contribution is 2.05. The SMILES string of the molecule is C[N+](C)(C)CC(=O)NN=Cc1ccccc1C(=O)O. The van der Waals surface area contributed by atoms with Gasteiger partial charge in [0.05, 0.1) is 32.9 Å². The van der Waals surface area contributed by atoms with Gasteiger partial charge in [0.15, 0.2) is 6.54 Å². The van der Waals surface area contributed by atoms with E-state index >= 15 is 0 Å². The number of hydrogen-bond donors (Lipinski definition) is 2. The van der Waals surface area contributed by atoms with E-state index in [4.69, 9.17) is 5.11 Å². The van der Waals surface area contributed by atoms with Gasteiger partial charge in [-0.05, 0) is 6.07 Å². The van der Waals surface area contributed by atoms with Gasteiger partial charge < -0.3 is 9.59 Å². The second kappa shape index (κ2) is 6.10. The predicted molar refractivity (Wildman–Crippen MR) is 72.0 cm³/mol. The zero-order chi connectivity index (χ0) is 14.5. The Bertz CT molecular complexity index is 504. The second-order valence-electron chi connectivity index (χ2n) is 5.13. The molecule has 0 heterocycles. The summed E-state index contributed by atoms with van der Waals surface area (Å²) >= 11 is 0. The molecule has 0 saturated heterocycles. The highest BCUT2D eigenvalue weighted by atomic mass is 16.4. The number of quaternary nitrogens is 1. The van der Waals surface area contributed by atoms with Gasteiger partial charge in [-0.25, -0.2) is 10.2 Å². The van der Waals surface area contributed by atoms with E-state index in [2.05, 4.69) is 10.5 Å². The number of aromatic carboxylic acids is 1. The maximum Gasteiger partial charge on any atom is 0.336 e. The van der Waals surface area contributed by atoms with Crippen LogP contribution in [-0.4, -0.2) is 55.4 Å². The van der Waals surface area contributed by atoms with Gasteiger partial charge in [-0.1, -0.05) is 18.2 Å². The Labute approximate surface area is 111 Å². The van der Waals surface area contributed by atoms with Crippen LogP contribution in [0.15, 0.2) is 29.4 Å². The molecule has 19 heavy (non-hydrogen) atoms. The van der Waals surface area contributed by atoms with Crippen molar-refractivity contribution in [2.75, 3.05) is 27.7 Å². The molecule has 102 valence electrons. The molecule has 2 N–H and O–H groups in total. The van der Waals surface area contributed by atoms with E-state index in [1.807, 2.05) is 21.1 Å². The predicted octanol–water partition coefficient (Wildman–Crippen LogP) is 0.541. The highest BCUT2D eigenvalue weighted by Gasteiger charge is 2.13. The molecule has 6 nitrogen and oxygen atoms in total. The summed E-state index contributed by atoms with van der Waals surface area (Å²) in [7, 11) is 5.68. The minimum atomic E-state index is -1.03. The van der Waals surface area contributed by atoms with E-state index in [1.54, 1.807) is 18.2 Å². The van der Waals surface area contributed by atoms with Gasteiger partial charge >= 0.3 is 5.97 Å². The lowest BCUT2D eigenvalue weighted by atomic mass is 10.1. The van der Waals surface area contributed by atoms with Gasteiger partial charge in [0.25, 0.3) is 5.91 Å². The Hall–Kier alpha value is -2.21. The summed E-state index contributed by atoms with van der Waals surface area (Å²) in [5, 5.41) is 12.7. The van der Waals surface area contributed by atoms with Crippen molar-refractivity contribution in [3.63, 3.8) is 0 Å². The quantitative estimate of drug-likeness (QED) is 0.463. The highest BCUT2D eigenvalue weighted by molar-refractivity contribution is 5.98. The number of nitrogens with one attached hydrogen (secondary N) is 1. The Kier molecular flexibility index (Phi) is 4.77. The first-order valence-electron chi connectivity index (χ1n) is 5.74. The Morgan fingerprint density at radius 1 is 1.32 bits per heavy atom. The number of rotatable bonds is 5. The topological polar surface area (TPSA) is 78.8 Å². The van der Waals surface area contributed by atoms with E-state index in [0.717, 1.165) is 0 Å². The molecular formula is C13H18N3O3+. The van der Waals surface area contributed by atoms with E-state index in [-0.39, 0.29) is 18.0 Å².